The number of H-pyrrole nitrogens is 1. The van der Waals surface area contributed by atoms with E-state index in [2.05, 4.69) is 29.5 Å². The molecule has 2 amide bonds. The Balaban J connectivity index is 1.71. The van der Waals surface area contributed by atoms with Gasteiger partial charge in [-0.3, -0.25) is 24.2 Å². The third kappa shape index (κ3) is 6.78. The van der Waals surface area contributed by atoms with Crippen LogP contribution in [0.25, 0.3) is 6.08 Å². The predicted octanol–water partition coefficient (Wildman–Crippen LogP) is 4.57. The highest BCUT2D eigenvalue weighted by Crippen LogP contribution is 2.37. The number of rotatable bonds is 13. The molecule has 6 atom stereocenters. The van der Waals surface area contributed by atoms with Crippen LogP contribution in [-0.2, 0) is 32.0 Å². The fourth-order valence-corrected chi connectivity index (χ4v) is 7.23. The van der Waals surface area contributed by atoms with Gasteiger partial charge in [0.05, 0.1) is 5.70 Å². The first-order valence-corrected chi connectivity index (χ1v) is 15.6. The summed E-state index contributed by atoms with van der Waals surface area (Å²) < 4.78 is 0. The monoisotopic (exact) mass is 594 g/mol. The number of nitrogens with one attached hydrogen (secondary N) is 3. The minimum absolute atomic E-state index is 0.0237. The number of aromatic amines is 1. The third-order valence-electron chi connectivity index (χ3n) is 10.0. The number of amides is 2. The Bertz CT molecular complexity index is 1390. The van der Waals surface area contributed by atoms with Gasteiger partial charge in [-0.1, -0.05) is 34.1 Å². The van der Waals surface area contributed by atoms with Gasteiger partial charge in [0.2, 0.25) is 11.8 Å². The first kappa shape index (κ1) is 32.2. The van der Waals surface area contributed by atoms with Crippen LogP contribution in [0.4, 0.5) is 0 Å². The number of carbonyl (C=O) groups excluding carboxylic acids is 2. The van der Waals surface area contributed by atoms with Crippen molar-refractivity contribution in [2.24, 2.45) is 28.7 Å². The van der Waals surface area contributed by atoms with Gasteiger partial charge in [-0.15, -0.1) is 0 Å². The van der Waals surface area contributed by atoms with Gasteiger partial charge < -0.3 is 25.8 Å². The van der Waals surface area contributed by atoms with Crippen molar-refractivity contribution >= 4 is 35.5 Å². The summed E-state index contributed by atoms with van der Waals surface area (Å²) in [5.74, 6) is -1.38. The number of nitrogens with zero attached hydrogens (tertiary/aromatic N) is 1. The lowest BCUT2D eigenvalue weighted by molar-refractivity contribution is -0.138. The van der Waals surface area contributed by atoms with Crippen LogP contribution in [0.3, 0.4) is 0 Å². The third-order valence-corrected chi connectivity index (χ3v) is 10.0. The molecule has 0 aromatic carbocycles. The Morgan fingerprint density at radius 1 is 0.907 bits per heavy atom. The van der Waals surface area contributed by atoms with E-state index < -0.39 is 11.9 Å². The van der Waals surface area contributed by atoms with E-state index >= 15 is 0 Å². The molecule has 2 fully saturated rings. The van der Waals surface area contributed by atoms with E-state index in [9.17, 15) is 29.4 Å². The molecule has 3 aliphatic rings. The predicted molar refractivity (Wildman–Crippen MR) is 165 cm³/mol. The summed E-state index contributed by atoms with van der Waals surface area (Å²) in [6, 6.07) is -0.0650. The molecule has 10 nitrogen and oxygen atoms in total. The Kier molecular flexibility index (Phi) is 9.97. The van der Waals surface area contributed by atoms with Gasteiger partial charge in [-0.2, -0.15) is 0 Å². The highest BCUT2D eigenvalue weighted by atomic mass is 16.4. The highest BCUT2D eigenvalue weighted by Gasteiger charge is 2.40. The van der Waals surface area contributed by atoms with Crippen molar-refractivity contribution in [1.82, 2.24) is 15.6 Å². The zero-order chi connectivity index (χ0) is 31.6. The van der Waals surface area contributed by atoms with Gasteiger partial charge in [-0.05, 0) is 73.3 Å². The number of carbonyl (C=O) groups is 4. The molecule has 2 saturated heterocycles. The Labute approximate surface area is 253 Å². The maximum atomic E-state index is 12.5. The van der Waals surface area contributed by atoms with Crippen LogP contribution in [0.2, 0.25) is 0 Å². The molecular weight excluding hydrogens is 548 g/mol. The molecule has 6 unspecified atom stereocenters. The average molecular weight is 595 g/mol. The summed E-state index contributed by atoms with van der Waals surface area (Å²) in [6.45, 7) is 12.1. The van der Waals surface area contributed by atoms with Crippen LogP contribution >= 0.6 is 0 Å². The van der Waals surface area contributed by atoms with Crippen molar-refractivity contribution in [1.29, 1.82) is 0 Å². The largest absolute Gasteiger partial charge is 0.481 e. The quantitative estimate of drug-likeness (QED) is 0.225. The van der Waals surface area contributed by atoms with E-state index in [1.54, 1.807) is 0 Å². The zero-order valence-corrected chi connectivity index (χ0v) is 26.2. The van der Waals surface area contributed by atoms with Crippen molar-refractivity contribution in [3.8, 4) is 0 Å². The number of hydrogen-bond acceptors (Lipinski definition) is 5. The maximum Gasteiger partial charge on any atom is 0.303 e. The van der Waals surface area contributed by atoms with Crippen LogP contribution in [0.15, 0.2) is 21.8 Å². The highest BCUT2D eigenvalue weighted by molar-refractivity contribution is 6.06. The lowest BCUT2D eigenvalue weighted by Gasteiger charge is -2.19. The van der Waals surface area contributed by atoms with Crippen molar-refractivity contribution in [2.75, 3.05) is 0 Å². The van der Waals surface area contributed by atoms with Gasteiger partial charge in [0.25, 0.3) is 0 Å². The van der Waals surface area contributed by atoms with Crippen molar-refractivity contribution < 1.29 is 29.4 Å². The Morgan fingerprint density at radius 2 is 1.56 bits per heavy atom. The molecule has 1 aromatic heterocycles. The second-order valence-corrected chi connectivity index (χ2v) is 12.5. The van der Waals surface area contributed by atoms with Crippen molar-refractivity contribution in [3.05, 3.63) is 39.4 Å². The SMILES string of the molecule is CCC1C(=O)NC(Cc2[nH]c(C=C3N=C(CC4NC(=O)C(C)C4CC)C(C)=C3CCC(=O)O)c(CCC(=O)O)c2C)C1C. The first-order chi connectivity index (χ1) is 20.4. The van der Waals surface area contributed by atoms with Crippen LogP contribution < -0.4 is 10.6 Å². The van der Waals surface area contributed by atoms with E-state index in [0.29, 0.717) is 31.4 Å². The molecule has 43 heavy (non-hydrogen) atoms. The lowest BCUT2D eigenvalue weighted by atomic mass is 9.86. The summed E-state index contributed by atoms with van der Waals surface area (Å²) in [6.07, 6.45) is 5.30. The normalized spacial score (nSPS) is 28.0. The van der Waals surface area contributed by atoms with E-state index in [-0.39, 0.29) is 60.4 Å². The van der Waals surface area contributed by atoms with Crippen molar-refractivity contribution in [3.63, 3.8) is 0 Å². The molecule has 5 N–H and O–H groups in total. The zero-order valence-electron chi connectivity index (χ0n) is 26.2. The second-order valence-electron chi connectivity index (χ2n) is 12.5. The van der Waals surface area contributed by atoms with Crippen LogP contribution in [0, 0.1) is 30.6 Å². The minimum Gasteiger partial charge on any atom is -0.481 e. The van der Waals surface area contributed by atoms with Crippen LogP contribution in [0.1, 0.15) is 95.7 Å². The standard InChI is InChI=1S/C33H46N4O6/c1-7-20-19(6)32(42)37-27(20)14-25-18(5)23(10-12-31(40)41)29(35-25)15-28-22(9-11-30(38)39)17(4)24(34-28)13-26-16(3)21(8-2)33(43)36-26/h15-16,19-21,26-27,34H,7-14H2,1-6H3,(H,36,43)(H,37,42)(H,38,39)(H,40,41). The molecule has 0 aliphatic carbocycles. The maximum absolute atomic E-state index is 12.5. The lowest BCUT2D eigenvalue weighted by Crippen LogP contribution is -2.31. The topological polar surface area (TPSA) is 161 Å². The van der Waals surface area contributed by atoms with Crippen molar-refractivity contribution in [2.45, 2.75) is 105 Å². The van der Waals surface area contributed by atoms with E-state index in [1.807, 2.05) is 33.8 Å². The number of hydrogen-bond donors (Lipinski definition) is 5. The molecule has 0 bridgehead atoms. The fraction of sp³-hybridized carbons (Fsp3) is 0.606. The van der Waals surface area contributed by atoms with Gasteiger partial charge in [-0.25, -0.2) is 0 Å². The number of aliphatic carboxylic acids is 2. The molecule has 4 heterocycles. The first-order valence-electron chi connectivity index (χ1n) is 15.6. The van der Waals surface area contributed by atoms with E-state index in [0.717, 1.165) is 52.2 Å². The molecule has 10 heteroatoms. The number of aromatic nitrogens is 1. The smallest absolute Gasteiger partial charge is 0.303 e. The Morgan fingerprint density at radius 3 is 2.16 bits per heavy atom. The van der Waals surface area contributed by atoms with Gasteiger partial charge in [0, 0.05) is 66.7 Å². The molecule has 3 aliphatic heterocycles. The molecule has 0 saturated carbocycles. The Hall–Kier alpha value is -3.69. The van der Waals surface area contributed by atoms with E-state index in [4.69, 9.17) is 4.99 Å². The molecule has 4 rings (SSSR count). The van der Waals surface area contributed by atoms with E-state index in [1.165, 1.54) is 0 Å². The van der Waals surface area contributed by atoms with Gasteiger partial charge in [0.1, 0.15) is 0 Å². The number of aliphatic imine (C=N–C) groups is 1. The van der Waals surface area contributed by atoms with Gasteiger partial charge in [0.15, 0.2) is 0 Å². The summed E-state index contributed by atoms with van der Waals surface area (Å²) in [5, 5.41) is 25.2. The molecule has 0 spiro atoms. The molecule has 1 aromatic rings. The van der Waals surface area contributed by atoms with Gasteiger partial charge >= 0.3 is 11.9 Å². The fourth-order valence-electron chi connectivity index (χ4n) is 7.23. The molecule has 0 radical (unpaired) electrons. The molecule has 234 valence electrons. The summed E-state index contributed by atoms with van der Waals surface area (Å²) in [4.78, 5) is 56.5. The summed E-state index contributed by atoms with van der Waals surface area (Å²) >= 11 is 0. The number of allylic oxidation sites excluding steroid dienone is 2. The average Bonchev–Trinajstić information content (AvgIpc) is 3.59. The number of carboxylic acid groups (broad SMARTS) is 2. The summed E-state index contributed by atoms with van der Waals surface area (Å²) in [7, 11) is 0. The minimum atomic E-state index is -0.894. The second kappa shape index (κ2) is 13.3. The summed E-state index contributed by atoms with van der Waals surface area (Å²) in [5.41, 5.74) is 6.85. The van der Waals surface area contributed by atoms with Crippen LogP contribution in [-0.4, -0.2) is 56.7 Å². The molecular formula is C33H46N4O6. The van der Waals surface area contributed by atoms with Crippen LogP contribution in [0.5, 0.6) is 0 Å². The number of carboxylic acids is 2.